The van der Waals surface area contributed by atoms with Crippen molar-refractivity contribution in [3.8, 4) is 6.07 Å². The molecule has 0 saturated carbocycles. The summed E-state index contributed by atoms with van der Waals surface area (Å²) in [6, 6.07) is 16.9. The molecule has 0 amide bonds. The summed E-state index contributed by atoms with van der Waals surface area (Å²) in [5.74, 6) is 1.35. The van der Waals surface area contributed by atoms with E-state index in [1.165, 1.54) is 0 Å². The van der Waals surface area contributed by atoms with Gasteiger partial charge in [-0.1, -0.05) is 24.3 Å². The molecule has 2 heterocycles. The van der Waals surface area contributed by atoms with E-state index in [1.807, 2.05) is 24.3 Å². The van der Waals surface area contributed by atoms with Crippen molar-refractivity contribution < 1.29 is 8.95 Å². The van der Waals surface area contributed by atoms with E-state index in [0.29, 0.717) is 35.8 Å². The van der Waals surface area contributed by atoms with E-state index in [9.17, 15) is 4.21 Å². The Bertz CT molecular complexity index is 1340. The van der Waals surface area contributed by atoms with Gasteiger partial charge in [-0.25, -0.2) is 18.9 Å². The van der Waals surface area contributed by atoms with Gasteiger partial charge in [-0.3, -0.25) is 0 Å². The molecule has 2 aromatic carbocycles. The molecule has 0 radical (unpaired) electrons. The molecule has 0 aliphatic heterocycles. The number of fused-ring (bicyclic) bond motifs is 3. The Labute approximate surface area is 195 Å². The van der Waals surface area contributed by atoms with Crippen LogP contribution in [0.3, 0.4) is 0 Å². The first-order valence-corrected chi connectivity index (χ1v) is 11.9. The number of nitriles is 1. The number of unbranched alkanes of at least 4 members (excludes halogenated alkanes) is 1. The van der Waals surface area contributed by atoms with E-state index in [4.69, 9.17) is 20.7 Å². The zero-order valence-electron chi connectivity index (χ0n) is 18.5. The minimum atomic E-state index is -1.35. The average molecular weight is 463 g/mol. The van der Waals surface area contributed by atoms with Gasteiger partial charge in [0, 0.05) is 32.0 Å². The number of ether oxygens (including phenoxy) is 1. The normalized spacial score (nSPS) is 12.2. The van der Waals surface area contributed by atoms with Gasteiger partial charge in [0.1, 0.15) is 22.3 Å². The number of aromatic nitrogens is 3. The van der Waals surface area contributed by atoms with E-state index in [2.05, 4.69) is 20.3 Å². The van der Waals surface area contributed by atoms with Crippen LogP contribution in [0.25, 0.3) is 21.9 Å². The highest BCUT2D eigenvalue weighted by Gasteiger charge is 2.17. The van der Waals surface area contributed by atoms with E-state index in [-0.39, 0.29) is 0 Å². The van der Waals surface area contributed by atoms with Crippen molar-refractivity contribution in [1.82, 2.24) is 19.3 Å². The van der Waals surface area contributed by atoms with Crippen LogP contribution in [0.15, 0.2) is 53.4 Å². The number of rotatable bonds is 10. The largest absolute Gasteiger partial charge is 0.384 e. The molecule has 33 heavy (non-hydrogen) atoms. The second-order valence-electron chi connectivity index (χ2n) is 7.64. The summed E-state index contributed by atoms with van der Waals surface area (Å²) in [5, 5.41) is 10.0. The number of para-hydroxylation sites is 1. The molecule has 170 valence electrons. The van der Waals surface area contributed by atoms with Crippen LogP contribution in [0.1, 0.15) is 24.2 Å². The molecule has 1 atom stereocenters. The van der Waals surface area contributed by atoms with Crippen LogP contribution >= 0.6 is 0 Å². The average Bonchev–Trinajstić information content (AvgIpc) is 3.21. The number of imidazole rings is 1. The summed E-state index contributed by atoms with van der Waals surface area (Å²) >= 11 is 0. The molecule has 1 unspecified atom stereocenters. The fourth-order valence-electron chi connectivity index (χ4n) is 3.85. The molecule has 0 aliphatic rings. The highest BCUT2D eigenvalue weighted by Crippen LogP contribution is 2.29. The highest BCUT2D eigenvalue weighted by atomic mass is 32.2. The van der Waals surface area contributed by atoms with Crippen LogP contribution in [0.5, 0.6) is 0 Å². The van der Waals surface area contributed by atoms with E-state index >= 15 is 0 Å². The molecule has 0 fully saturated rings. The van der Waals surface area contributed by atoms with E-state index < -0.39 is 11.0 Å². The number of nitrogen functional groups attached to an aromatic ring is 1. The minimum Gasteiger partial charge on any atom is -0.384 e. The topological polar surface area (TPSA) is 119 Å². The number of anilines is 1. The molecule has 3 N–H and O–H groups in total. The van der Waals surface area contributed by atoms with Crippen LogP contribution in [0.2, 0.25) is 0 Å². The first-order valence-electron chi connectivity index (χ1n) is 10.8. The van der Waals surface area contributed by atoms with Crippen LogP contribution in [0, 0.1) is 11.3 Å². The summed E-state index contributed by atoms with van der Waals surface area (Å²) in [5.41, 5.74) is 9.30. The number of nitrogens with zero attached hydrogens (tertiary/aromatic N) is 4. The number of hydrogen-bond acceptors (Lipinski definition) is 6. The van der Waals surface area contributed by atoms with Crippen LogP contribution in [-0.2, 0) is 28.7 Å². The molecule has 9 heteroatoms. The van der Waals surface area contributed by atoms with Crippen molar-refractivity contribution >= 4 is 38.7 Å². The Morgan fingerprint density at radius 1 is 1.18 bits per heavy atom. The van der Waals surface area contributed by atoms with Gasteiger partial charge in [-0.15, -0.1) is 0 Å². The third-order valence-corrected chi connectivity index (χ3v) is 6.59. The van der Waals surface area contributed by atoms with Crippen molar-refractivity contribution in [2.24, 2.45) is 0 Å². The van der Waals surface area contributed by atoms with Gasteiger partial charge in [0.15, 0.2) is 5.82 Å². The number of benzene rings is 2. The molecule has 0 bridgehead atoms. The summed E-state index contributed by atoms with van der Waals surface area (Å²) < 4.78 is 23.0. The first kappa shape index (κ1) is 22.9. The van der Waals surface area contributed by atoms with Gasteiger partial charge >= 0.3 is 0 Å². The zero-order valence-corrected chi connectivity index (χ0v) is 19.3. The van der Waals surface area contributed by atoms with Crippen LogP contribution < -0.4 is 10.5 Å². The lowest BCUT2D eigenvalue weighted by atomic mass is 10.2. The second kappa shape index (κ2) is 10.5. The van der Waals surface area contributed by atoms with E-state index in [0.717, 1.165) is 47.1 Å². The maximum Gasteiger partial charge on any atom is 0.152 e. The predicted molar refractivity (Wildman–Crippen MR) is 130 cm³/mol. The van der Waals surface area contributed by atoms with Crippen LogP contribution in [-0.4, -0.2) is 39.0 Å². The zero-order chi connectivity index (χ0) is 23.2. The smallest absolute Gasteiger partial charge is 0.152 e. The maximum atomic E-state index is 12.5. The Morgan fingerprint density at radius 2 is 2.03 bits per heavy atom. The number of aryl methyl sites for hydroxylation is 1. The van der Waals surface area contributed by atoms with Gasteiger partial charge in [-0.05, 0) is 37.1 Å². The summed E-state index contributed by atoms with van der Waals surface area (Å²) in [6.45, 7) is 1.91. The number of nitrogens with one attached hydrogen (secondary N) is 1. The predicted octanol–water partition coefficient (Wildman–Crippen LogP) is 3.32. The molecule has 0 saturated heterocycles. The summed E-state index contributed by atoms with van der Waals surface area (Å²) in [4.78, 5) is 9.91. The molecule has 8 nitrogen and oxygen atoms in total. The number of nitrogens with two attached hydrogens (primary N) is 1. The monoisotopic (exact) mass is 462 g/mol. The third kappa shape index (κ3) is 5.03. The summed E-state index contributed by atoms with van der Waals surface area (Å²) in [6.07, 6.45) is 2.37. The number of pyridine rings is 1. The van der Waals surface area contributed by atoms with Crippen molar-refractivity contribution in [2.45, 2.75) is 30.7 Å². The molecule has 0 spiro atoms. The first-order chi connectivity index (χ1) is 16.1. The molecule has 0 aliphatic carbocycles. The minimum absolute atomic E-state index is 0.428. The maximum absolute atomic E-state index is 12.5. The Kier molecular flexibility index (Phi) is 7.29. The lowest BCUT2D eigenvalue weighted by Crippen LogP contribution is -2.19. The summed E-state index contributed by atoms with van der Waals surface area (Å²) in [7, 11) is 0.327. The van der Waals surface area contributed by atoms with Crippen molar-refractivity contribution in [3.63, 3.8) is 0 Å². The van der Waals surface area contributed by atoms with Gasteiger partial charge < -0.3 is 15.0 Å². The molecular weight excluding hydrogens is 436 g/mol. The Hall–Kier alpha value is -3.32. The van der Waals surface area contributed by atoms with Gasteiger partial charge in [0.2, 0.25) is 0 Å². The lowest BCUT2D eigenvalue weighted by Gasteiger charge is -2.11. The van der Waals surface area contributed by atoms with Gasteiger partial charge in [-0.2, -0.15) is 5.26 Å². The Morgan fingerprint density at radius 3 is 2.85 bits per heavy atom. The second-order valence-corrected chi connectivity index (χ2v) is 8.94. The molecule has 4 rings (SSSR count). The molecule has 2 aromatic heterocycles. The van der Waals surface area contributed by atoms with Crippen molar-refractivity contribution in [2.75, 3.05) is 26.0 Å². The van der Waals surface area contributed by atoms with Crippen molar-refractivity contribution in [3.05, 3.63) is 59.9 Å². The SMILES string of the molecule is COCCc1nc2c(N)nc3ccccc3c2n1CCCCNS(=O)c1cccc(C#N)c1. The van der Waals surface area contributed by atoms with Crippen molar-refractivity contribution in [1.29, 1.82) is 5.26 Å². The molecular formula is C24H26N6O2S. The molecule has 4 aromatic rings. The van der Waals surface area contributed by atoms with Crippen LogP contribution in [0.4, 0.5) is 5.82 Å². The van der Waals surface area contributed by atoms with E-state index in [1.54, 1.807) is 31.4 Å². The fraction of sp³-hybridized carbons (Fsp3) is 0.292. The third-order valence-electron chi connectivity index (χ3n) is 5.44. The number of hydrogen-bond donors (Lipinski definition) is 2. The van der Waals surface area contributed by atoms with Gasteiger partial charge in [0.05, 0.1) is 34.2 Å². The number of methoxy groups -OCH3 is 1. The lowest BCUT2D eigenvalue weighted by molar-refractivity contribution is 0.199. The Balaban J connectivity index is 1.48. The fourth-order valence-corrected chi connectivity index (χ4v) is 4.79. The standard InChI is InChI=1S/C24H26N6O2S/c1-32-14-11-21-29-22-23(19-9-2-3-10-20(19)28-24(22)26)30(21)13-5-4-12-27-33(31)18-8-6-7-17(15-18)16-25/h2-3,6-10,15,27H,4-5,11-14H2,1H3,(H2,26,28). The van der Waals surface area contributed by atoms with Gasteiger partial charge in [0.25, 0.3) is 0 Å². The quantitative estimate of drug-likeness (QED) is 0.349. The highest BCUT2D eigenvalue weighted by molar-refractivity contribution is 7.83.